The van der Waals surface area contributed by atoms with E-state index in [4.69, 9.17) is 23.7 Å². The molecule has 0 saturated heterocycles. The van der Waals surface area contributed by atoms with E-state index in [2.05, 4.69) is 0 Å². The Labute approximate surface area is 146 Å². The van der Waals surface area contributed by atoms with Gasteiger partial charge in [0.05, 0.1) is 34.9 Å². The Morgan fingerprint density at radius 3 is 2.24 bits per heavy atom. The van der Waals surface area contributed by atoms with E-state index in [-0.39, 0.29) is 12.2 Å². The van der Waals surface area contributed by atoms with Crippen molar-refractivity contribution in [3.8, 4) is 28.7 Å². The van der Waals surface area contributed by atoms with Crippen molar-refractivity contribution in [2.24, 2.45) is 0 Å². The van der Waals surface area contributed by atoms with E-state index < -0.39 is 6.10 Å². The predicted octanol–water partition coefficient (Wildman–Crippen LogP) is 3.43. The molecule has 0 aliphatic carbocycles. The van der Waals surface area contributed by atoms with E-state index in [1.165, 1.54) is 21.3 Å². The Kier molecular flexibility index (Phi) is 4.70. The molecule has 1 aliphatic heterocycles. The second-order valence-electron chi connectivity index (χ2n) is 5.49. The van der Waals surface area contributed by atoms with Gasteiger partial charge in [0.15, 0.2) is 17.3 Å². The first kappa shape index (κ1) is 17.0. The highest BCUT2D eigenvalue weighted by Crippen LogP contribution is 2.50. The van der Waals surface area contributed by atoms with Gasteiger partial charge in [0.2, 0.25) is 5.75 Å². The molecule has 2 aromatic rings. The highest BCUT2D eigenvalue weighted by molar-refractivity contribution is 6.04. The quantitative estimate of drug-likeness (QED) is 0.828. The van der Waals surface area contributed by atoms with Crippen LogP contribution in [-0.2, 0) is 0 Å². The lowest BCUT2D eigenvalue weighted by atomic mass is 9.94. The zero-order valence-electron chi connectivity index (χ0n) is 14.6. The van der Waals surface area contributed by atoms with Gasteiger partial charge in [-0.1, -0.05) is 18.2 Å². The first-order valence-corrected chi connectivity index (χ1v) is 7.80. The van der Waals surface area contributed by atoms with Gasteiger partial charge in [-0.3, -0.25) is 4.79 Å². The van der Waals surface area contributed by atoms with Crippen LogP contribution in [0, 0.1) is 0 Å². The summed E-state index contributed by atoms with van der Waals surface area (Å²) in [6.07, 6.45) is -0.305. The summed E-state index contributed by atoms with van der Waals surface area (Å²) >= 11 is 0. The summed E-state index contributed by atoms with van der Waals surface area (Å²) < 4.78 is 27.7. The first-order valence-electron chi connectivity index (χ1n) is 7.80. The third-order valence-corrected chi connectivity index (χ3v) is 4.21. The molecule has 0 fully saturated rings. The van der Waals surface area contributed by atoms with Gasteiger partial charge in [0.1, 0.15) is 23.2 Å². The van der Waals surface area contributed by atoms with Gasteiger partial charge < -0.3 is 23.7 Å². The molecule has 1 aliphatic rings. The van der Waals surface area contributed by atoms with Crippen LogP contribution in [0.3, 0.4) is 0 Å². The highest BCUT2D eigenvalue weighted by atomic mass is 16.5. The number of ketones is 1. The number of rotatable bonds is 5. The molecule has 0 N–H and O–H groups in total. The predicted molar refractivity (Wildman–Crippen MR) is 91.4 cm³/mol. The third-order valence-electron chi connectivity index (χ3n) is 4.21. The van der Waals surface area contributed by atoms with Crippen molar-refractivity contribution in [2.75, 3.05) is 28.4 Å². The number of carbonyl (C=O) groups is 1. The van der Waals surface area contributed by atoms with Crippen LogP contribution in [0.5, 0.6) is 28.7 Å². The molecule has 0 aromatic heterocycles. The first-order chi connectivity index (χ1) is 12.1. The van der Waals surface area contributed by atoms with Crippen LogP contribution in [0.4, 0.5) is 0 Å². The third kappa shape index (κ3) is 2.84. The van der Waals surface area contributed by atoms with Gasteiger partial charge in [-0.25, -0.2) is 0 Å². The maximum atomic E-state index is 12.8. The molecule has 6 nitrogen and oxygen atoms in total. The number of Topliss-reactive ketones (excluding diaryl/α,β-unsaturated/α-hetero) is 1. The average molecular weight is 344 g/mol. The smallest absolute Gasteiger partial charge is 0.204 e. The number of benzene rings is 2. The fraction of sp³-hybridized carbons (Fsp3) is 0.316. The molecule has 0 amide bonds. The molecule has 132 valence electrons. The molecule has 1 heterocycles. The van der Waals surface area contributed by atoms with Gasteiger partial charge in [-0.2, -0.15) is 0 Å². The number of fused-ring (bicyclic) bond motifs is 1. The molecule has 1 atom stereocenters. The summed E-state index contributed by atoms with van der Waals surface area (Å²) in [5, 5.41) is 0. The van der Waals surface area contributed by atoms with Gasteiger partial charge in [-0.15, -0.1) is 0 Å². The lowest BCUT2D eigenvalue weighted by Crippen LogP contribution is -2.22. The molecule has 0 radical (unpaired) electrons. The topological polar surface area (TPSA) is 63.2 Å². The number of hydrogen-bond acceptors (Lipinski definition) is 6. The monoisotopic (exact) mass is 344 g/mol. The lowest BCUT2D eigenvalue weighted by Gasteiger charge is -2.29. The molecule has 1 unspecified atom stereocenters. The van der Waals surface area contributed by atoms with Crippen LogP contribution in [0.1, 0.15) is 28.4 Å². The van der Waals surface area contributed by atoms with E-state index in [9.17, 15) is 4.79 Å². The molecule has 0 saturated carbocycles. The molecular weight excluding hydrogens is 324 g/mol. The Balaban J connectivity index is 2.14. The fourth-order valence-corrected chi connectivity index (χ4v) is 3.04. The van der Waals surface area contributed by atoms with Crippen LogP contribution in [0.25, 0.3) is 0 Å². The van der Waals surface area contributed by atoms with Gasteiger partial charge in [0, 0.05) is 11.6 Å². The normalized spacial score (nSPS) is 15.8. The van der Waals surface area contributed by atoms with Crippen molar-refractivity contribution >= 4 is 5.78 Å². The van der Waals surface area contributed by atoms with Crippen molar-refractivity contribution in [3.05, 3.63) is 41.5 Å². The Hall–Kier alpha value is -2.89. The zero-order chi connectivity index (χ0) is 18.0. The maximum absolute atomic E-state index is 12.8. The van der Waals surface area contributed by atoms with Crippen LogP contribution in [0.15, 0.2) is 30.3 Å². The average Bonchev–Trinajstić information content (AvgIpc) is 2.66. The van der Waals surface area contributed by atoms with Gasteiger partial charge >= 0.3 is 0 Å². The SMILES string of the molecule is COc1ccccc1C1CC(=O)c2c(OC)cc(OC)c(OC)c2O1. The van der Waals surface area contributed by atoms with Crippen molar-refractivity contribution in [1.82, 2.24) is 0 Å². The van der Waals surface area contributed by atoms with Crippen molar-refractivity contribution < 1.29 is 28.5 Å². The summed E-state index contributed by atoms with van der Waals surface area (Å²) in [5.74, 6) is 2.10. The molecule has 0 spiro atoms. The van der Waals surface area contributed by atoms with Crippen LogP contribution in [-0.4, -0.2) is 34.2 Å². The Morgan fingerprint density at radius 1 is 0.920 bits per heavy atom. The minimum atomic E-state index is -0.484. The van der Waals surface area contributed by atoms with Crippen molar-refractivity contribution in [1.29, 1.82) is 0 Å². The van der Waals surface area contributed by atoms with Crippen LogP contribution >= 0.6 is 0 Å². The van der Waals surface area contributed by atoms with Crippen LogP contribution in [0.2, 0.25) is 0 Å². The number of hydrogen-bond donors (Lipinski definition) is 0. The Bertz CT molecular complexity index is 799. The standard InChI is InChI=1S/C19H20O6/c1-21-13-8-6-5-7-11(13)14-9-12(20)17-15(22-2)10-16(23-3)18(24-4)19(17)25-14/h5-8,10,14H,9H2,1-4H3. The molecule has 6 heteroatoms. The summed E-state index contributed by atoms with van der Waals surface area (Å²) in [7, 11) is 6.11. The minimum Gasteiger partial charge on any atom is -0.496 e. The number of methoxy groups -OCH3 is 4. The summed E-state index contributed by atoms with van der Waals surface area (Å²) in [6.45, 7) is 0. The summed E-state index contributed by atoms with van der Waals surface area (Å²) in [4.78, 5) is 12.8. The summed E-state index contributed by atoms with van der Waals surface area (Å²) in [6, 6.07) is 9.09. The molecule has 0 bridgehead atoms. The second kappa shape index (κ2) is 6.93. The van der Waals surface area contributed by atoms with E-state index in [1.54, 1.807) is 13.2 Å². The van der Waals surface area contributed by atoms with Gasteiger partial charge in [0.25, 0.3) is 0 Å². The second-order valence-corrected chi connectivity index (χ2v) is 5.49. The largest absolute Gasteiger partial charge is 0.496 e. The van der Waals surface area contributed by atoms with Crippen LogP contribution < -0.4 is 23.7 Å². The highest BCUT2D eigenvalue weighted by Gasteiger charge is 2.36. The number of carbonyl (C=O) groups excluding carboxylic acids is 1. The summed E-state index contributed by atoms with van der Waals surface area (Å²) in [5.41, 5.74) is 1.17. The van der Waals surface area contributed by atoms with Crippen molar-refractivity contribution in [2.45, 2.75) is 12.5 Å². The van der Waals surface area contributed by atoms with E-state index >= 15 is 0 Å². The van der Waals surface area contributed by atoms with Crippen molar-refractivity contribution in [3.63, 3.8) is 0 Å². The molecule has 2 aromatic carbocycles. The molecular formula is C19H20O6. The zero-order valence-corrected chi connectivity index (χ0v) is 14.6. The van der Waals surface area contributed by atoms with E-state index in [0.717, 1.165) is 5.56 Å². The molecule has 3 rings (SSSR count). The Morgan fingerprint density at radius 2 is 1.60 bits per heavy atom. The number of ether oxygens (including phenoxy) is 5. The van der Waals surface area contributed by atoms with E-state index in [1.807, 2.05) is 24.3 Å². The number of para-hydroxylation sites is 1. The molecule has 25 heavy (non-hydrogen) atoms. The fourth-order valence-electron chi connectivity index (χ4n) is 3.04. The van der Waals surface area contributed by atoms with E-state index in [0.29, 0.717) is 34.3 Å². The minimum absolute atomic E-state index is 0.0880. The maximum Gasteiger partial charge on any atom is 0.204 e. The lowest BCUT2D eigenvalue weighted by molar-refractivity contribution is 0.0832. The van der Waals surface area contributed by atoms with Gasteiger partial charge in [-0.05, 0) is 6.07 Å².